The Bertz CT molecular complexity index is 1480. The smallest absolute Gasteiger partial charge is 0.276 e. The minimum atomic E-state index is -0.133. The van der Waals surface area contributed by atoms with Gasteiger partial charge in [0.1, 0.15) is 0 Å². The van der Waals surface area contributed by atoms with Gasteiger partial charge in [0.25, 0.3) is 5.91 Å². The van der Waals surface area contributed by atoms with Crippen molar-refractivity contribution in [2.75, 3.05) is 31.1 Å². The zero-order chi connectivity index (χ0) is 24.5. The lowest BCUT2D eigenvalue weighted by Crippen LogP contribution is -2.49. The summed E-state index contributed by atoms with van der Waals surface area (Å²) in [6, 6.07) is 25.3. The highest BCUT2D eigenvalue weighted by molar-refractivity contribution is 5.93. The summed E-state index contributed by atoms with van der Waals surface area (Å²) in [5.74, 6) is 1.25. The number of carbonyl (C=O) groups excluding carboxylic acids is 1. The molecule has 1 amide bonds. The van der Waals surface area contributed by atoms with E-state index >= 15 is 0 Å². The normalized spacial score (nSPS) is 13.9. The quantitative estimate of drug-likeness (QED) is 0.389. The van der Waals surface area contributed by atoms with Crippen LogP contribution in [0.2, 0.25) is 0 Å². The number of piperazine rings is 1. The minimum absolute atomic E-state index is 0.00967. The predicted molar refractivity (Wildman–Crippen MR) is 138 cm³/mol. The lowest BCUT2D eigenvalue weighted by Gasteiger charge is -2.34. The Morgan fingerprint density at radius 2 is 1.67 bits per heavy atom. The molecule has 1 aliphatic rings. The topological polar surface area (TPSA) is 98.5 Å². The summed E-state index contributed by atoms with van der Waals surface area (Å²) >= 11 is 0. The van der Waals surface area contributed by atoms with Crippen LogP contribution in [0.15, 0.2) is 83.4 Å². The van der Waals surface area contributed by atoms with E-state index < -0.39 is 0 Å². The fraction of sp³-hybridized carbons (Fsp3) is 0.179. The number of aliphatic hydroxyl groups excluding tert-OH is 1. The van der Waals surface area contributed by atoms with E-state index in [0.717, 1.165) is 39.2 Å². The molecule has 0 atom stereocenters. The van der Waals surface area contributed by atoms with Gasteiger partial charge in [0.2, 0.25) is 5.95 Å². The number of hydrogen-bond donors (Lipinski definition) is 2. The van der Waals surface area contributed by atoms with Crippen molar-refractivity contribution in [2.45, 2.75) is 6.61 Å². The van der Waals surface area contributed by atoms with E-state index in [2.05, 4.69) is 20.0 Å². The van der Waals surface area contributed by atoms with Crippen LogP contribution >= 0.6 is 0 Å². The number of nitrogens with zero attached hydrogens (tertiary/aromatic N) is 4. The van der Waals surface area contributed by atoms with E-state index in [1.165, 1.54) is 0 Å². The van der Waals surface area contributed by atoms with Gasteiger partial charge < -0.3 is 24.4 Å². The lowest BCUT2D eigenvalue weighted by atomic mass is 10.0. The number of imidazole rings is 1. The van der Waals surface area contributed by atoms with Crippen LogP contribution in [-0.2, 0) is 6.61 Å². The number of amides is 1. The number of hydrogen-bond acceptors (Lipinski definition) is 6. The van der Waals surface area contributed by atoms with E-state index in [9.17, 15) is 9.90 Å². The minimum Gasteiger partial charge on any atom is -0.392 e. The van der Waals surface area contributed by atoms with Gasteiger partial charge >= 0.3 is 0 Å². The van der Waals surface area contributed by atoms with Gasteiger partial charge in [-0.2, -0.15) is 0 Å². The third kappa shape index (κ3) is 4.23. The molecule has 6 rings (SSSR count). The highest BCUT2D eigenvalue weighted by atomic mass is 16.5. The number of H-pyrrole nitrogens is 1. The number of rotatable bonds is 5. The van der Waals surface area contributed by atoms with Crippen molar-refractivity contribution >= 4 is 22.9 Å². The number of para-hydroxylation sites is 2. The molecule has 8 nitrogen and oxygen atoms in total. The molecular weight excluding hydrogens is 454 g/mol. The van der Waals surface area contributed by atoms with Crippen LogP contribution in [0.25, 0.3) is 33.5 Å². The van der Waals surface area contributed by atoms with Crippen molar-refractivity contribution in [1.29, 1.82) is 0 Å². The molecular formula is C28H25N5O3. The van der Waals surface area contributed by atoms with Crippen LogP contribution in [0.1, 0.15) is 16.1 Å². The molecule has 3 aromatic carbocycles. The summed E-state index contributed by atoms with van der Waals surface area (Å²) in [4.78, 5) is 25.1. The van der Waals surface area contributed by atoms with Gasteiger partial charge in [-0.05, 0) is 34.9 Å². The number of anilines is 1. The second-order valence-corrected chi connectivity index (χ2v) is 8.87. The second-order valence-electron chi connectivity index (χ2n) is 8.87. The summed E-state index contributed by atoms with van der Waals surface area (Å²) in [5, 5.41) is 13.4. The molecule has 0 aliphatic carbocycles. The van der Waals surface area contributed by atoms with Crippen molar-refractivity contribution in [3.63, 3.8) is 0 Å². The Morgan fingerprint density at radius 1 is 0.889 bits per heavy atom. The summed E-state index contributed by atoms with van der Waals surface area (Å²) in [6.45, 7) is 2.56. The summed E-state index contributed by atoms with van der Waals surface area (Å²) in [7, 11) is 0. The zero-order valence-corrected chi connectivity index (χ0v) is 19.6. The SMILES string of the molecule is O=C(c1cc(-c2ccc(-c3cccc(CO)c3)cc2)on1)N1CCN(c2nc3ccccc3[nH]2)CC1. The molecule has 2 aromatic heterocycles. The molecule has 36 heavy (non-hydrogen) atoms. The first-order chi connectivity index (χ1) is 17.7. The average Bonchev–Trinajstić information content (AvgIpc) is 3.61. The molecule has 8 heteroatoms. The van der Waals surface area contributed by atoms with Gasteiger partial charge in [-0.3, -0.25) is 4.79 Å². The fourth-order valence-electron chi connectivity index (χ4n) is 4.56. The van der Waals surface area contributed by atoms with Crippen LogP contribution in [0.3, 0.4) is 0 Å². The van der Waals surface area contributed by atoms with Gasteiger partial charge in [0.05, 0.1) is 17.6 Å². The molecule has 180 valence electrons. The molecule has 2 N–H and O–H groups in total. The lowest BCUT2D eigenvalue weighted by molar-refractivity contribution is 0.0736. The maximum atomic E-state index is 13.1. The first-order valence-corrected chi connectivity index (χ1v) is 11.9. The summed E-state index contributed by atoms with van der Waals surface area (Å²) < 4.78 is 5.51. The number of aromatic amines is 1. The molecule has 0 unspecified atom stereocenters. The number of aliphatic hydroxyl groups is 1. The highest BCUT2D eigenvalue weighted by Crippen LogP contribution is 2.27. The van der Waals surface area contributed by atoms with Crippen LogP contribution in [0.5, 0.6) is 0 Å². The summed E-state index contributed by atoms with van der Waals surface area (Å²) in [5.41, 5.74) is 6.03. The number of fused-ring (bicyclic) bond motifs is 1. The van der Waals surface area contributed by atoms with Crippen molar-refractivity contribution in [3.05, 3.63) is 90.1 Å². The Balaban J connectivity index is 1.11. The fourth-order valence-corrected chi connectivity index (χ4v) is 4.56. The van der Waals surface area contributed by atoms with Gasteiger partial charge in [0.15, 0.2) is 11.5 Å². The average molecular weight is 480 g/mol. The third-order valence-electron chi connectivity index (χ3n) is 6.58. The molecule has 0 bridgehead atoms. The maximum Gasteiger partial charge on any atom is 0.276 e. The van der Waals surface area contributed by atoms with E-state index in [1.807, 2.05) is 72.8 Å². The number of nitrogens with one attached hydrogen (secondary N) is 1. The zero-order valence-electron chi connectivity index (χ0n) is 19.6. The molecule has 5 aromatic rings. The van der Waals surface area contributed by atoms with E-state index in [4.69, 9.17) is 4.52 Å². The Morgan fingerprint density at radius 3 is 2.44 bits per heavy atom. The Kier molecular flexibility index (Phi) is 5.71. The van der Waals surface area contributed by atoms with Crippen LogP contribution in [0, 0.1) is 0 Å². The van der Waals surface area contributed by atoms with Crippen molar-refractivity contribution in [1.82, 2.24) is 20.0 Å². The monoisotopic (exact) mass is 479 g/mol. The Labute approximate surface area is 207 Å². The first kappa shape index (κ1) is 22.1. The van der Waals surface area contributed by atoms with Crippen molar-refractivity contribution in [3.8, 4) is 22.5 Å². The van der Waals surface area contributed by atoms with Gasteiger partial charge in [-0.25, -0.2) is 4.98 Å². The number of aromatic nitrogens is 3. The predicted octanol–water partition coefficient (Wildman–Crippen LogP) is 4.34. The highest BCUT2D eigenvalue weighted by Gasteiger charge is 2.26. The molecule has 0 radical (unpaired) electrons. The van der Waals surface area contributed by atoms with Gasteiger partial charge in [0, 0.05) is 37.8 Å². The standard InChI is InChI=1S/C28H25N5O3/c34-18-19-4-3-5-22(16-19)20-8-10-21(11-9-20)26-17-25(31-36-26)27(35)32-12-14-33(15-13-32)28-29-23-6-1-2-7-24(23)30-28/h1-11,16-17,34H,12-15,18H2,(H,29,30). The van der Waals surface area contributed by atoms with Gasteiger partial charge in [-0.1, -0.05) is 59.8 Å². The number of benzene rings is 3. The van der Waals surface area contributed by atoms with Crippen LogP contribution < -0.4 is 4.90 Å². The summed E-state index contributed by atoms with van der Waals surface area (Å²) in [6.07, 6.45) is 0. The molecule has 3 heterocycles. The molecule has 1 fully saturated rings. The molecule has 1 saturated heterocycles. The Hall–Kier alpha value is -4.43. The van der Waals surface area contributed by atoms with E-state index in [1.54, 1.807) is 11.0 Å². The maximum absolute atomic E-state index is 13.1. The largest absolute Gasteiger partial charge is 0.392 e. The van der Waals surface area contributed by atoms with Crippen molar-refractivity contribution in [2.24, 2.45) is 0 Å². The molecule has 0 saturated carbocycles. The van der Waals surface area contributed by atoms with E-state index in [0.29, 0.717) is 37.6 Å². The third-order valence-corrected chi connectivity index (χ3v) is 6.58. The van der Waals surface area contributed by atoms with Crippen LogP contribution in [-0.4, -0.2) is 57.2 Å². The van der Waals surface area contributed by atoms with E-state index in [-0.39, 0.29) is 12.5 Å². The number of carbonyl (C=O) groups is 1. The van der Waals surface area contributed by atoms with Crippen LogP contribution in [0.4, 0.5) is 5.95 Å². The van der Waals surface area contributed by atoms with Crippen molar-refractivity contribution < 1.29 is 14.4 Å². The molecule has 0 spiro atoms. The first-order valence-electron chi connectivity index (χ1n) is 11.9. The van der Waals surface area contributed by atoms with Gasteiger partial charge in [-0.15, -0.1) is 0 Å². The second kappa shape index (κ2) is 9.31. The molecule has 1 aliphatic heterocycles.